The molecular weight excluding hydrogens is 317 g/mol. The van der Waals surface area contributed by atoms with Gasteiger partial charge in [-0.05, 0) is 40.9 Å². The van der Waals surface area contributed by atoms with E-state index in [1.807, 2.05) is 0 Å². The molecule has 5 nitrogen and oxygen atoms in total. The monoisotopic (exact) mass is 327 g/mol. The van der Waals surface area contributed by atoms with Crippen LogP contribution in [0.3, 0.4) is 0 Å². The molecule has 0 bridgehead atoms. The van der Waals surface area contributed by atoms with E-state index in [4.69, 9.17) is 17.1 Å². The van der Waals surface area contributed by atoms with Crippen molar-refractivity contribution in [1.82, 2.24) is 10.2 Å². The van der Waals surface area contributed by atoms with E-state index in [-0.39, 0.29) is 5.82 Å². The largest absolute Gasteiger partial charge is 0.207 e. The third-order valence-electron chi connectivity index (χ3n) is 3.57. The topological polar surface area (TPSA) is 74.5 Å². The second-order valence-electron chi connectivity index (χ2n) is 5.01. The van der Waals surface area contributed by atoms with Gasteiger partial charge in [0, 0.05) is 15.9 Å². The van der Waals surface area contributed by atoms with Crippen LogP contribution in [0.25, 0.3) is 32.5 Å². The van der Waals surface area contributed by atoms with Crippen LogP contribution in [0.2, 0.25) is 5.02 Å². The van der Waals surface area contributed by atoms with E-state index in [9.17, 15) is 4.39 Å². The molecule has 0 saturated carbocycles. The molecule has 0 fully saturated rings. The Morgan fingerprint density at radius 3 is 2.87 bits per heavy atom. The first kappa shape index (κ1) is 15.2. The van der Waals surface area contributed by atoms with E-state index in [0.29, 0.717) is 32.6 Å². The molecule has 0 aliphatic heterocycles. The number of aromatic nitrogens is 2. The molecule has 0 spiro atoms. The van der Waals surface area contributed by atoms with Gasteiger partial charge in [-0.3, -0.25) is 0 Å². The quantitative estimate of drug-likeness (QED) is 0.364. The van der Waals surface area contributed by atoms with Crippen molar-refractivity contribution in [3.63, 3.8) is 0 Å². The maximum atomic E-state index is 13.7. The Balaban J connectivity index is 2.42. The summed E-state index contributed by atoms with van der Waals surface area (Å²) in [6.45, 7) is 1.75. The highest BCUT2D eigenvalue weighted by Crippen LogP contribution is 2.39. The number of rotatable bonds is 3. The fraction of sp³-hybridized carbons (Fsp3) is 0.125. The lowest BCUT2D eigenvalue weighted by Gasteiger charge is -2.16. The van der Waals surface area contributed by atoms with Crippen LogP contribution in [0.15, 0.2) is 47.7 Å². The van der Waals surface area contributed by atoms with E-state index in [1.165, 1.54) is 12.1 Å². The Bertz CT molecular complexity index is 937. The molecule has 2 aromatic carbocycles. The zero-order valence-electron chi connectivity index (χ0n) is 12.1. The third-order valence-corrected chi connectivity index (χ3v) is 3.89. The summed E-state index contributed by atoms with van der Waals surface area (Å²) >= 11 is 6.32. The summed E-state index contributed by atoms with van der Waals surface area (Å²) in [5.41, 5.74) is 11.2. The first-order valence-corrected chi connectivity index (χ1v) is 7.23. The van der Waals surface area contributed by atoms with Gasteiger partial charge in [0.25, 0.3) is 0 Å². The smallest absolute Gasteiger partial charge is 0.123 e. The molecular formula is C16H11ClFN5. The van der Waals surface area contributed by atoms with E-state index < -0.39 is 6.04 Å². The number of hydrogen-bond acceptors (Lipinski definition) is 3. The van der Waals surface area contributed by atoms with Crippen LogP contribution in [0.1, 0.15) is 18.5 Å². The molecule has 0 aliphatic carbocycles. The van der Waals surface area contributed by atoms with E-state index in [2.05, 4.69) is 20.2 Å². The fourth-order valence-electron chi connectivity index (χ4n) is 2.55. The molecule has 7 heteroatoms. The molecule has 1 atom stereocenters. The average Bonchev–Trinajstić information content (AvgIpc) is 2.55. The van der Waals surface area contributed by atoms with Gasteiger partial charge in [-0.15, -0.1) is 5.10 Å². The van der Waals surface area contributed by atoms with Crippen LogP contribution in [-0.2, 0) is 0 Å². The summed E-state index contributed by atoms with van der Waals surface area (Å²) in [7, 11) is 0. The van der Waals surface area contributed by atoms with Crippen molar-refractivity contribution in [3.8, 4) is 11.1 Å². The molecule has 0 radical (unpaired) electrons. The Morgan fingerprint density at radius 2 is 2.13 bits per heavy atom. The van der Waals surface area contributed by atoms with E-state index in [1.54, 1.807) is 37.4 Å². The van der Waals surface area contributed by atoms with Gasteiger partial charge in [-0.2, -0.15) is 5.10 Å². The van der Waals surface area contributed by atoms with Gasteiger partial charge in [-0.1, -0.05) is 35.8 Å². The predicted molar refractivity (Wildman–Crippen MR) is 87.5 cm³/mol. The minimum atomic E-state index is -0.484. The van der Waals surface area contributed by atoms with Gasteiger partial charge in [0.1, 0.15) is 11.3 Å². The summed E-state index contributed by atoms with van der Waals surface area (Å²) in [4.78, 5) is 2.85. The average molecular weight is 328 g/mol. The van der Waals surface area contributed by atoms with Crippen LogP contribution in [0, 0.1) is 5.82 Å². The maximum absolute atomic E-state index is 13.7. The molecule has 114 valence electrons. The van der Waals surface area contributed by atoms with E-state index in [0.717, 1.165) is 0 Å². The molecule has 0 unspecified atom stereocenters. The molecule has 0 aliphatic rings. The van der Waals surface area contributed by atoms with Crippen LogP contribution in [0.4, 0.5) is 4.39 Å². The lowest BCUT2D eigenvalue weighted by Crippen LogP contribution is -1.98. The molecule has 1 heterocycles. The minimum absolute atomic E-state index is 0.364. The van der Waals surface area contributed by atoms with Crippen molar-refractivity contribution < 1.29 is 4.39 Å². The molecule has 3 aromatic rings. The third kappa shape index (κ3) is 2.82. The van der Waals surface area contributed by atoms with Gasteiger partial charge in [0.2, 0.25) is 0 Å². The first-order chi connectivity index (χ1) is 11.1. The summed E-state index contributed by atoms with van der Waals surface area (Å²) in [6.07, 6.45) is 1.54. The van der Waals surface area contributed by atoms with Crippen molar-refractivity contribution in [2.45, 2.75) is 13.0 Å². The number of azide groups is 1. The van der Waals surface area contributed by atoms with Crippen LogP contribution in [-0.4, -0.2) is 10.2 Å². The van der Waals surface area contributed by atoms with Crippen LogP contribution < -0.4 is 0 Å². The van der Waals surface area contributed by atoms with Crippen molar-refractivity contribution in [3.05, 3.63) is 69.4 Å². The number of benzene rings is 2. The summed E-state index contributed by atoms with van der Waals surface area (Å²) in [5.74, 6) is -0.364. The Hall–Kier alpha value is -2.69. The lowest BCUT2D eigenvalue weighted by molar-refractivity contribution is 0.628. The highest BCUT2D eigenvalue weighted by Gasteiger charge is 2.18. The second kappa shape index (κ2) is 6.20. The summed E-state index contributed by atoms with van der Waals surface area (Å²) in [5, 5.41) is 13.0. The predicted octanol–water partition coefficient (Wildman–Crippen LogP) is 5.46. The van der Waals surface area contributed by atoms with Crippen molar-refractivity contribution >= 4 is 22.5 Å². The normalized spacial score (nSPS) is 12.0. The second-order valence-corrected chi connectivity index (χ2v) is 5.41. The lowest BCUT2D eigenvalue weighted by atomic mass is 9.93. The Labute approximate surface area is 136 Å². The van der Waals surface area contributed by atoms with Crippen LogP contribution in [0.5, 0.6) is 0 Å². The molecule has 0 saturated heterocycles. The fourth-order valence-corrected chi connectivity index (χ4v) is 2.82. The zero-order chi connectivity index (χ0) is 16.4. The first-order valence-electron chi connectivity index (χ1n) is 6.85. The van der Waals surface area contributed by atoms with Gasteiger partial charge in [-0.25, -0.2) is 4.39 Å². The van der Waals surface area contributed by atoms with Crippen molar-refractivity contribution in [2.75, 3.05) is 0 Å². The van der Waals surface area contributed by atoms with Gasteiger partial charge >= 0.3 is 0 Å². The molecule has 0 amide bonds. The number of halogens is 2. The SMILES string of the molecule is C[C@H](N=[N+]=[N-])c1cc(Cl)c2ccnnc2c1-c1cccc(F)c1. The summed E-state index contributed by atoms with van der Waals surface area (Å²) < 4.78 is 13.7. The van der Waals surface area contributed by atoms with Gasteiger partial charge < -0.3 is 0 Å². The highest BCUT2D eigenvalue weighted by molar-refractivity contribution is 6.36. The van der Waals surface area contributed by atoms with Crippen molar-refractivity contribution in [2.24, 2.45) is 5.11 Å². The van der Waals surface area contributed by atoms with Crippen LogP contribution >= 0.6 is 11.6 Å². The zero-order valence-corrected chi connectivity index (χ0v) is 12.9. The minimum Gasteiger partial charge on any atom is -0.207 e. The number of hydrogen-bond donors (Lipinski definition) is 0. The van der Waals surface area contributed by atoms with Gasteiger partial charge in [0.15, 0.2) is 0 Å². The molecule has 1 aromatic heterocycles. The standard InChI is InChI=1S/C16H11ClFN5/c1-9(21-23-19)13-8-14(17)12-5-6-20-22-16(12)15(13)10-3-2-4-11(18)7-10/h2-9H,1H3/t9-/m0/s1. The van der Waals surface area contributed by atoms with Crippen molar-refractivity contribution in [1.29, 1.82) is 0 Å². The molecule has 0 N–H and O–H groups in total. The molecule has 23 heavy (non-hydrogen) atoms. The maximum Gasteiger partial charge on any atom is 0.123 e. The summed E-state index contributed by atoms with van der Waals surface area (Å²) in [6, 6.07) is 9.15. The number of fused-ring (bicyclic) bond motifs is 1. The Kier molecular flexibility index (Phi) is 4.10. The Morgan fingerprint density at radius 1 is 1.30 bits per heavy atom. The van der Waals surface area contributed by atoms with Gasteiger partial charge in [0.05, 0.1) is 17.3 Å². The molecule has 3 rings (SSSR count). The van der Waals surface area contributed by atoms with E-state index >= 15 is 0 Å². The highest BCUT2D eigenvalue weighted by atomic mass is 35.5. The number of nitrogens with zero attached hydrogens (tertiary/aromatic N) is 5.